The van der Waals surface area contributed by atoms with Crippen molar-refractivity contribution in [2.45, 2.75) is 39.9 Å². The second kappa shape index (κ2) is 5.83. The Balaban J connectivity index is 2.01. The van der Waals surface area contributed by atoms with Crippen molar-refractivity contribution in [2.24, 2.45) is 0 Å². The number of hydrogen-bond donors (Lipinski definition) is 1. The minimum atomic E-state index is 0.341. The maximum atomic E-state index is 4.38. The molecule has 0 aliphatic heterocycles. The van der Waals surface area contributed by atoms with Crippen LogP contribution in [0.3, 0.4) is 0 Å². The molecule has 1 heterocycles. The van der Waals surface area contributed by atoms with E-state index in [9.17, 15) is 0 Å². The number of rotatable bonds is 5. The van der Waals surface area contributed by atoms with E-state index >= 15 is 0 Å². The summed E-state index contributed by atoms with van der Waals surface area (Å²) in [6.45, 7) is 8.25. The van der Waals surface area contributed by atoms with Crippen LogP contribution in [0.2, 0.25) is 0 Å². The van der Waals surface area contributed by atoms with Gasteiger partial charge in [-0.1, -0.05) is 24.3 Å². The first-order valence-electron chi connectivity index (χ1n) is 6.51. The summed E-state index contributed by atoms with van der Waals surface area (Å²) in [5.41, 5.74) is 2.68. The van der Waals surface area contributed by atoms with Gasteiger partial charge in [-0.25, -0.2) is 4.98 Å². The summed E-state index contributed by atoms with van der Waals surface area (Å²) in [5.74, 6) is 1.10. The molecule has 0 spiro atoms. The van der Waals surface area contributed by atoms with E-state index in [4.69, 9.17) is 0 Å². The first kappa shape index (κ1) is 12.8. The fourth-order valence-electron chi connectivity index (χ4n) is 2.22. The zero-order valence-corrected chi connectivity index (χ0v) is 11.4. The highest BCUT2D eigenvalue weighted by Crippen LogP contribution is 2.16. The molecule has 0 aliphatic rings. The Morgan fingerprint density at radius 3 is 2.83 bits per heavy atom. The highest BCUT2D eigenvalue weighted by molar-refractivity contribution is 5.28. The summed E-state index contributed by atoms with van der Waals surface area (Å²) < 4.78 is 2.16. The molecule has 1 N–H and O–H groups in total. The zero-order valence-electron chi connectivity index (χ0n) is 11.4. The Hall–Kier alpha value is -1.61. The summed E-state index contributed by atoms with van der Waals surface area (Å²) >= 11 is 0. The summed E-state index contributed by atoms with van der Waals surface area (Å²) in [6.07, 6.45) is 3.88. The quantitative estimate of drug-likeness (QED) is 0.874. The minimum Gasteiger partial charge on any atom is -0.334 e. The standard InChI is InChI=1S/C15H21N3/c1-4-18-10-9-16-15(18)11-17-13(3)14-8-6-5-7-12(14)2/h5-10,13,17H,4,11H2,1-3H3. The Labute approximate surface area is 109 Å². The molecule has 3 heteroatoms. The second-order valence-corrected chi connectivity index (χ2v) is 4.59. The van der Waals surface area contributed by atoms with Gasteiger partial charge in [0.05, 0.1) is 6.54 Å². The summed E-state index contributed by atoms with van der Waals surface area (Å²) in [7, 11) is 0. The van der Waals surface area contributed by atoms with Crippen LogP contribution in [-0.4, -0.2) is 9.55 Å². The number of nitrogens with zero attached hydrogens (tertiary/aromatic N) is 2. The van der Waals surface area contributed by atoms with Gasteiger partial charge in [0, 0.05) is 25.0 Å². The van der Waals surface area contributed by atoms with Gasteiger partial charge in [-0.05, 0) is 31.9 Å². The topological polar surface area (TPSA) is 29.9 Å². The molecule has 1 aromatic carbocycles. The van der Waals surface area contributed by atoms with E-state index in [1.807, 2.05) is 12.4 Å². The van der Waals surface area contributed by atoms with Crippen molar-refractivity contribution >= 4 is 0 Å². The van der Waals surface area contributed by atoms with Crippen molar-refractivity contribution < 1.29 is 0 Å². The average Bonchev–Trinajstić information content (AvgIpc) is 2.84. The number of hydrogen-bond acceptors (Lipinski definition) is 2. The predicted molar refractivity (Wildman–Crippen MR) is 74.3 cm³/mol. The third-order valence-corrected chi connectivity index (χ3v) is 3.36. The molecule has 0 bridgehead atoms. The Morgan fingerprint density at radius 2 is 2.11 bits per heavy atom. The largest absolute Gasteiger partial charge is 0.334 e. The van der Waals surface area contributed by atoms with E-state index in [2.05, 4.69) is 59.9 Å². The summed E-state index contributed by atoms with van der Waals surface area (Å²) in [5, 5.41) is 3.53. The lowest BCUT2D eigenvalue weighted by molar-refractivity contribution is 0.538. The van der Waals surface area contributed by atoms with E-state index < -0.39 is 0 Å². The van der Waals surface area contributed by atoms with Gasteiger partial charge in [-0.2, -0.15) is 0 Å². The van der Waals surface area contributed by atoms with E-state index in [0.717, 1.165) is 18.9 Å². The fourth-order valence-corrected chi connectivity index (χ4v) is 2.22. The van der Waals surface area contributed by atoms with Gasteiger partial charge in [0.25, 0.3) is 0 Å². The van der Waals surface area contributed by atoms with E-state index in [1.165, 1.54) is 11.1 Å². The van der Waals surface area contributed by atoms with Crippen molar-refractivity contribution in [3.05, 3.63) is 53.6 Å². The number of benzene rings is 1. The maximum absolute atomic E-state index is 4.38. The molecule has 3 nitrogen and oxygen atoms in total. The number of aromatic nitrogens is 2. The monoisotopic (exact) mass is 243 g/mol. The highest BCUT2D eigenvalue weighted by Gasteiger charge is 2.08. The molecule has 0 aliphatic carbocycles. The van der Waals surface area contributed by atoms with Crippen molar-refractivity contribution in [3.8, 4) is 0 Å². The number of nitrogens with one attached hydrogen (secondary N) is 1. The lowest BCUT2D eigenvalue weighted by atomic mass is 10.0. The van der Waals surface area contributed by atoms with E-state index in [1.54, 1.807) is 0 Å². The second-order valence-electron chi connectivity index (χ2n) is 4.59. The first-order valence-corrected chi connectivity index (χ1v) is 6.51. The molecule has 0 saturated carbocycles. The van der Waals surface area contributed by atoms with E-state index in [0.29, 0.717) is 6.04 Å². The molecule has 18 heavy (non-hydrogen) atoms. The minimum absolute atomic E-state index is 0.341. The Bertz CT molecular complexity index is 502. The Kier molecular flexibility index (Phi) is 4.15. The van der Waals surface area contributed by atoms with Crippen molar-refractivity contribution in [1.29, 1.82) is 0 Å². The third kappa shape index (κ3) is 2.79. The third-order valence-electron chi connectivity index (χ3n) is 3.36. The molecule has 96 valence electrons. The molecule has 1 aromatic heterocycles. The lowest BCUT2D eigenvalue weighted by Crippen LogP contribution is -2.21. The summed E-state index contributed by atoms with van der Waals surface area (Å²) in [4.78, 5) is 4.38. The molecular formula is C15H21N3. The van der Waals surface area contributed by atoms with Gasteiger partial charge in [-0.15, -0.1) is 0 Å². The molecule has 2 rings (SSSR count). The number of imidazole rings is 1. The van der Waals surface area contributed by atoms with Crippen molar-refractivity contribution in [2.75, 3.05) is 0 Å². The van der Waals surface area contributed by atoms with Crippen LogP contribution in [0, 0.1) is 6.92 Å². The van der Waals surface area contributed by atoms with Gasteiger partial charge in [-0.3, -0.25) is 0 Å². The van der Waals surface area contributed by atoms with Gasteiger partial charge < -0.3 is 9.88 Å². The molecule has 0 fully saturated rings. The van der Waals surface area contributed by atoms with Gasteiger partial charge >= 0.3 is 0 Å². The molecule has 2 aromatic rings. The van der Waals surface area contributed by atoms with Crippen LogP contribution in [0.5, 0.6) is 0 Å². The zero-order chi connectivity index (χ0) is 13.0. The lowest BCUT2D eigenvalue weighted by Gasteiger charge is -2.16. The maximum Gasteiger partial charge on any atom is 0.122 e. The van der Waals surface area contributed by atoms with Crippen LogP contribution in [0.25, 0.3) is 0 Å². The fraction of sp³-hybridized carbons (Fsp3) is 0.400. The molecule has 0 saturated heterocycles. The van der Waals surface area contributed by atoms with Gasteiger partial charge in [0.15, 0.2) is 0 Å². The summed E-state index contributed by atoms with van der Waals surface area (Å²) in [6, 6.07) is 8.84. The highest BCUT2D eigenvalue weighted by atomic mass is 15.1. The van der Waals surface area contributed by atoms with Crippen LogP contribution in [-0.2, 0) is 13.1 Å². The smallest absolute Gasteiger partial charge is 0.122 e. The number of aryl methyl sites for hydroxylation is 2. The van der Waals surface area contributed by atoms with Crippen LogP contribution in [0.4, 0.5) is 0 Å². The van der Waals surface area contributed by atoms with Crippen molar-refractivity contribution in [3.63, 3.8) is 0 Å². The average molecular weight is 243 g/mol. The molecule has 1 unspecified atom stereocenters. The molecule has 0 radical (unpaired) electrons. The predicted octanol–water partition coefficient (Wildman–Crippen LogP) is 3.06. The normalized spacial score (nSPS) is 12.6. The molecule has 1 atom stereocenters. The molecular weight excluding hydrogens is 222 g/mol. The first-order chi connectivity index (χ1) is 8.72. The Morgan fingerprint density at radius 1 is 1.33 bits per heavy atom. The van der Waals surface area contributed by atoms with Gasteiger partial charge in [0.2, 0.25) is 0 Å². The van der Waals surface area contributed by atoms with Crippen LogP contribution >= 0.6 is 0 Å². The van der Waals surface area contributed by atoms with E-state index in [-0.39, 0.29) is 0 Å². The van der Waals surface area contributed by atoms with Crippen LogP contribution in [0.1, 0.15) is 36.8 Å². The SMILES string of the molecule is CCn1ccnc1CNC(C)c1ccccc1C. The van der Waals surface area contributed by atoms with Crippen LogP contribution in [0.15, 0.2) is 36.7 Å². The van der Waals surface area contributed by atoms with Gasteiger partial charge in [0.1, 0.15) is 5.82 Å². The van der Waals surface area contributed by atoms with Crippen LogP contribution < -0.4 is 5.32 Å². The molecule has 0 amide bonds. The van der Waals surface area contributed by atoms with Crippen molar-refractivity contribution in [1.82, 2.24) is 14.9 Å².